The molecule has 1 aromatic heterocycles. The molecule has 2 heterocycles. The zero-order valence-electron chi connectivity index (χ0n) is 13.6. The SMILES string of the molecule is COC(=O)N1CC[C@@H]2[C@H]1CCC[C@@]2(O)C#Cc1cncc(C)c1. The van der Waals surface area contributed by atoms with Crippen LogP contribution < -0.4 is 0 Å². The minimum Gasteiger partial charge on any atom is -0.453 e. The van der Waals surface area contributed by atoms with Gasteiger partial charge < -0.3 is 14.7 Å². The van der Waals surface area contributed by atoms with Crippen LogP contribution in [-0.4, -0.2) is 46.4 Å². The molecular formula is C18H22N2O3. The molecule has 2 fully saturated rings. The number of amides is 1. The number of aromatic nitrogens is 1. The van der Waals surface area contributed by atoms with Gasteiger partial charge >= 0.3 is 6.09 Å². The average Bonchev–Trinajstić information content (AvgIpc) is 2.98. The topological polar surface area (TPSA) is 62.7 Å². The number of aryl methyl sites for hydroxylation is 1. The highest BCUT2D eigenvalue weighted by Gasteiger charge is 2.50. The average molecular weight is 314 g/mol. The third-order valence-corrected chi connectivity index (χ3v) is 4.92. The van der Waals surface area contributed by atoms with Crippen molar-refractivity contribution in [2.45, 2.75) is 44.2 Å². The number of methoxy groups -OCH3 is 1. The van der Waals surface area contributed by atoms with Crippen molar-refractivity contribution in [3.05, 3.63) is 29.6 Å². The van der Waals surface area contributed by atoms with Gasteiger partial charge in [-0.3, -0.25) is 4.98 Å². The highest BCUT2D eigenvalue weighted by molar-refractivity contribution is 5.68. The van der Waals surface area contributed by atoms with Gasteiger partial charge in [-0.05, 0) is 44.2 Å². The van der Waals surface area contributed by atoms with Gasteiger partial charge in [0.15, 0.2) is 0 Å². The summed E-state index contributed by atoms with van der Waals surface area (Å²) in [7, 11) is 1.40. The Morgan fingerprint density at radius 2 is 2.30 bits per heavy atom. The summed E-state index contributed by atoms with van der Waals surface area (Å²) < 4.78 is 4.85. The van der Waals surface area contributed by atoms with E-state index in [1.165, 1.54) is 7.11 Å². The van der Waals surface area contributed by atoms with Crippen LogP contribution in [-0.2, 0) is 4.74 Å². The molecule has 3 rings (SSSR count). The smallest absolute Gasteiger partial charge is 0.409 e. The van der Waals surface area contributed by atoms with E-state index in [1.54, 1.807) is 17.3 Å². The molecule has 1 aliphatic carbocycles. The fraction of sp³-hybridized carbons (Fsp3) is 0.556. The van der Waals surface area contributed by atoms with Gasteiger partial charge in [0.2, 0.25) is 0 Å². The van der Waals surface area contributed by atoms with Gasteiger partial charge in [0.05, 0.1) is 7.11 Å². The van der Waals surface area contributed by atoms with Crippen LogP contribution in [0.25, 0.3) is 0 Å². The van der Waals surface area contributed by atoms with Crippen molar-refractivity contribution >= 4 is 6.09 Å². The van der Waals surface area contributed by atoms with E-state index in [0.29, 0.717) is 13.0 Å². The molecule has 2 aliphatic rings. The van der Waals surface area contributed by atoms with Crippen LogP contribution in [0.3, 0.4) is 0 Å². The quantitative estimate of drug-likeness (QED) is 0.745. The molecule has 0 spiro atoms. The van der Waals surface area contributed by atoms with Crippen molar-refractivity contribution in [2.24, 2.45) is 5.92 Å². The fourth-order valence-corrected chi connectivity index (χ4v) is 3.84. The van der Waals surface area contributed by atoms with E-state index in [1.807, 2.05) is 13.0 Å². The molecule has 0 aromatic carbocycles. The molecule has 0 unspecified atom stereocenters. The molecule has 5 nitrogen and oxygen atoms in total. The molecule has 1 saturated carbocycles. The van der Waals surface area contributed by atoms with Crippen molar-refractivity contribution in [3.63, 3.8) is 0 Å². The largest absolute Gasteiger partial charge is 0.453 e. The summed E-state index contributed by atoms with van der Waals surface area (Å²) in [6.45, 7) is 2.59. The highest BCUT2D eigenvalue weighted by Crippen LogP contribution is 2.42. The predicted molar refractivity (Wildman–Crippen MR) is 85.7 cm³/mol. The molecule has 0 bridgehead atoms. The lowest BCUT2D eigenvalue weighted by atomic mass is 9.73. The molecule has 23 heavy (non-hydrogen) atoms. The molecule has 1 aromatic rings. The number of nitrogens with zero attached hydrogens (tertiary/aromatic N) is 2. The number of pyridine rings is 1. The van der Waals surface area contributed by atoms with Gasteiger partial charge in [-0.2, -0.15) is 0 Å². The van der Waals surface area contributed by atoms with Gasteiger partial charge in [-0.15, -0.1) is 0 Å². The molecule has 1 aliphatic heterocycles. The number of carbonyl (C=O) groups is 1. The number of ether oxygens (including phenoxy) is 1. The maximum Gasteiger partial charge on any atom is 0.409 e. The van der Waals surface area contributed by atoms with Crippen LogP contribution in [0.1, 0.15) is 36.8 Å². The first kappa shape index (κ1) is 15.8. The van der Waals surface area contributed by atoms with E-state index < -0.39 is 5.60 Å². The van der Waals surface area contributed by atoms with Crippen LogP contribution in [0.4, 0.5) is 4.79 Å². The first-order valence-electron chi connectivity index (χ1n) is 8.05. The number of hydrogen-bond acceptors (Lipinski definition) is 4. The number of aliphatic hydroxyl groups is 1. The molecule has 3 atom stereocenters. The van der Waals surface area contributed by atoms with Gasteiger partial charge in [0.1, 0.15) is 5.60 Å². The zero-order valence-corrected chi connectivity index (χ0v) is 13.6. The van der Waals surface area contributed by atoms with Crippen LogP contribution in [0.2, 0.25) is 0 Å². The van der Waals surface area contributed by atoms with Crippen LogP contribution >= 0.6 is 0 Å². The summed E-state index contributed by atoms with van der Waals surface area (Å²) in [6.07, 6.45) is 6.34. The second-order valence-corrected chi connectivity index (χ2v) is 6.44. The molecule has 1 N–H and O–H groups in total. The number of rotatable bonds is 0. The molecular weight excluding hydrogens is 292 g/mol. The second-order valence-electron chi connectivity index (χ2n) is 6.44. The Morgan fingerprint density at radius 1 is 1.48 bits per heavy atom. The van der Waals surface area contributed by atoms with Gasteiger partial charge in [-0.1, -0.05) is 11.8 Å². The number of hydrogen-bond donors (Lipinski definition) is 1. The Labute approximate surface area is 136 Å². The van der Waals surface area contributed by atoms with E-state index in [9.17, 15) is 9.90 Å². The van der Waals surface area contributed by atoms with Gasteiger partial charge in [0, 0.05) is 36.5 Å². The summed E-state index contributed by atoms with van der Waals surface area (Å²) >= 11 is 0. The van der Waals surface area contributed by atoms with Crippen molar-refractivity contribution in [2.75, 3.05) is 13.7 Å². The molecule has 122 valence electrons. The number of carbonyl (C=O) groups excluding carboxylic acids is 1. The van der Waals surface area contributed by atoms with E-state index in [4.69, 9.17) is 4.74 Å². The first-order chi connectivity index (χ1) is 11.0. The maximum absolute atomic E-state index is 11.9. The first-order valence-corrected chi connectivity index (χ1v) is 8.05. The van der Waals surface area contributed by atoms with Crippen molar-refractivity contribution in [1.29, 1.82) is 0 Å². The minimum atomic E-state index is -1.05. The predicted octanol–water partition coefficient (Wildman–Crippen LogP) is 2.11. The van der Waals surface area contributed by atoms with E-state index in [0.717, 1.165) is 30.4 Å². The van der Waals surface area contributed by atoms with Crippen molar-refractivity contribution in [3.8, 4) is 11.8 Å². The maximum atomic E-state index is 11.9. The zero-order chi connectivity index (χ0) is 16.4. The van der Waals surface area contributed by atoms with Gasteiger partial charge in [-0.25, -0.2) is 4.79 Å². The lowest BCUT2D eigenvalue weighted by Crippen LogP contribution is -2.49. The van der Waals surface area contributed by atoms with Crippen LogP contribution in [0.5, 0.6) is 0 Å². The third kappa shape index (κ3) is 3.04. The van der Waals surface area contributed by atoms with Crippen LogP contribution in [0.15, 0.2) is 18.5 Å². The summed E-state index contributed by atoms with van der Waals surface area (Å²) in [5.41, 5.74) is 0.807. The van der Waals surface area contributed by atoms with E-state index >= 15 is 0 Å². The third-order valence-electron chi connectivity index (χ3n) is 4.92. The highest BCUT2D eigenvalue weighted by atomic mass is 16.5. The number of likely N-dealkylation sites (tertiary alicyclic amines) is 1. The summed E-state index contributed by atoms with van der Waals surface area (Å²) in [6, 6.07) is 1.98. The van der Waals surface area contributed by atoms with Crippen molar-refractivity contribution in [1.82, 2.24) is 9.88 Å². The Kier molecular flexibility index (Phi) is 4.27. The summed E-state index contributed by atoms with van der Waals surface area (Å²) in [5, 5.41) is 11.1. The Balaban J connectivity index is 1.83. The molecule has 1 saturated heterocycles. The molecule has 0 radical (unpaired) electrons. The van der Waals surface area contributed by atoms with Crippen molar-refractivity contribution < 1.29 is 14.6 Å². The fourth-order valence-electron chi connectivity index (χ4n) is 3.84. The Morgan fingerprint density at radius 3 is 3.04 bits per heavy atom. The lowest BCUT2D eigenvalue weighted by Gasteiger charge is -2.39. The van der Waals surface area contributed by atoms with Gasteiger partial charge in [0.25, 0.3) is 0 Å². The normalized spacial score (nSPS) is 29.4. The molecule has 5 heteroatoms. The summed E-state index contributed by atoms with van der Waals surface area (Å²) in [5.74, 6) is 6.13. The standard InChI is InChI=1S/C18H22N2O3/c1-13-10-14(12-19-11-13)5-8-18(22)7-3-4-16-15(18)6-9-20(16)17(21)23-2/h10-12,15-16,22H,3-4,6-7,9H2,1-2H3/t15-,16-,18-/m1/s1. The second kappa shape index (κ2) is 6.21. The summed E-state index contributed by atoms with van der Waals surface area (Å²) in [4.78, 5) is 17.7. The Bertz CT molecular complexity index is 664. The lowest BCUT2D eigenvalue weighted by molar-refractivity contribution is -0.0136. The minimum absolute atomic E-state index is 0.0133. The van der Waals surface area contributed by atoms with Crippen LogP contribution in [0, 0.1) is 24.7 Å². The van der Waals surface area contributed by atoms with E-state index in [2.05, 4.69) is 16.8 Å². The molecule has 1 amide bonds. The monoisotopic (exact) mass is 314 g/mol. The Hall–Kier alpha value is -2.06. The van der Waals surface area contributed by atoms with E-state index in [-0.39, 0.29) is 18.1 Å². The number of fused-ring (bicyclic) bond motifs is 1.